The van der Waals surface area contributed by atoms with E-state index in [-0.39, 0.29) is 48.3 Å². The molecule has 4 nitrogen and oxygen atoms in total. The first kappa shape index (κ1) is 10.5. The van der Waals surface area contributed by atoms with Crippen molar-refractivity contribution >= 4 is 54.5 Å². The minimum Gasteiger partial charge on any atom is -1.00 e. The molecule has 0 saturated carbocycles. The molecule has 0 aromatic carbocycles. The zero-order valence-corrected chi connectivity index (χ0v) is 7.47. The first-order valence-corrected chi connectivity index (χ1v) is 2.68. The molecule has 0 saturated heterocycles. The molecular weight excluding hydrogens is 180 g/mol. The SMILES string of the molecule is O[Si](O)(O)O.[H-].[H-].[Sr+2]. The number of rotatable bonds is 0. The second-order valence-corrected chi connectivity index (χ2v) is 1.80. The van der Waals surface area contributed by atoms with Gasteiger partial charge in [-0.05, 0) is 0 Å². The van der Waals surface area contributed by atoms with Crippen LogP contribution in [-0.4, -0.2) is 73.7 Å². The molecule has 0 aliphatic rings. The first-order valence-electron chi connectivity index (χ1n) is 0.894. The van der Waals surface area contributed by atoms with Gasteiger partial charge in [-0.2, -0.15) is 0 Å². The fourth-order valence-corrected chi connectivity index (χ4v) is 0. The molecular formula is H6O4SiSr. The smallest absolute Gasteiger partial charge is 1.00 e. The van der Waals surface area contributed by atoms with E-state index in [9.17, 15) is 0 Å². The Hall–Kier alpha value is 1.54. The van der Waals surface area contributed by atoms with Crippen molar-refractivity contribution in [3.8, 4) is 0 Å². The van der Waals surface area contributed by atoms with Gasteiger partial charge in [0.2, 0.25) is 0 Å². The van der Waals surface area contributed by atoms with E-state index in [1.807, 2.05) is 0 Å². The van der Waals surface area contributed by atoms with Crippen molar-refractivity contribution in [3.63, 3.8) is 0 Å². The summed E-state index contributed by atoms with van der Waals surface area (Å²) >= 11 is 0. The van der Waals surface area contributed by atoms with Crippen LogP contribution in [0.2, 0.25) is 0 Å². The van der Waals surface area contributed by atoms with E-state index in [4.69, 9.17) is 19.2 Å². The molecule has 6 heavy (non-hydrogen) atoms. The van der Waals surface area contributed by atoms with Crippen LogP contribution in [0.25, 0.3) is 0 Å². The van der Waals surface area contributed by atoms with Gasteiger partial charge in [-0.25, -0.2) is 0 Å². The minimum absolute atomic E-state index is 0. The van der Waals surface area contributed by atoms with E-state index in [0.29, 0.717) is 0 Å². The molecule has 0 radical (unpaired) electrons. The maximum absolute atomic E-state index is 7.33. The van der Waals surface area contributed by atoms with Crippen LogP contribution in [0.15, 0.2) is 0 Å². The van der Waals surface area contributed by atoms with Crippen LogP contribution in [0.3, 0.4) is 0 Å². The van der Waals surface area contributed by atoms with Crippen molar-refractivity contribution in [2.75, 3.05) is 0 Å². The van der Waals surface area contributed by atoms with Gasteiger partial charge in [-0.3, -0.25) is 0 Å². The van der Waals surface area contributed by atoms with Crippen molar-refractivity contribution in [2.24, 2.45) is 0 Å². The summed E-state index contributed by atoms with van der Waals surface area (Å²) in [4.78, 5) is 29.3. The van der Waals surface area contributed by atoms with Crippen molar-refractivity contribution in [3.05, 3.63) is 0 Å². The molecule has 6 heteroatoms. The molecule has 0 amide bonds. The second-order valence-electron chi connectivity index (χ2n) is 0.600. The summed E-state index contributed by atoms with van der Waals surface area (Å²) in [5.41, 5.74) is 0. The molecule has 0 spiro atoms. The van der Waals surface area contributed by atoms with Crippen molar-refractivity contribution in [1.82, 2.24) is 0 Å². The van der Waals surface area contributed by atoms with Gasteiger partial charge >= 0.3 is 54.5 Å². The van der Waals surface area contributed by atoms with Gasteiger partial charge in [0.25, 0.3) is 0 Å². The van der Waals surface area contributed by atoms with Crippen LogP contribution < -0.4 is 0 Å². The molecule has 0 aromatic heterocycles. The summed E-state index contributed by atoms with van der Waals surface area (Å²) in [6.07, 6.45) is 0. The topological polar surface area (TPSA) is 80.9 Å². The third-order valence-electron chi connectivity index (χ3n) is 0. The van der Waals surface area contributed by atoms with Crippen LogP contribution in [0.4, 0.5) is 0 Å². The molecule has 0 aliphatic heterocycles. The van der Waals surface area contributed by atoms with Crippen LogP contribution in [0.1, 0.15) is 2.85 Å². The second kappa shape index (κ2) is 3.53. The summed E-state index contributed by atoms with van der Waals surface area (Å²) in [7, 11) is -4.61. The Labute approximate surface area is 75.8 Å². The Morgan fingerprint density at radius 3 is 1.00 bits per heavy atom. The van der Waals surface area contributed by atoms with Crippen LogP contribution in [0.5, 0.6) is 0 Å². The molecule has 0 unspecified atom stereocenters. The Morgan fingerprint density at radius 2 is 1.00 bits per heavy atom. The van der Waals surface area contributed by atoms with Gasteiger partial charge < -0.3 is 22.0 Å². The summed E-state index contributed by atoms with van der Waals surface area (Å²) in [5.74, 6) is 0. The van der Waals surface area contributed by atoms with Gasteiger partial charge in [-0.1, -0.05) is 0 Å². The molecule has 0 bridgehead atoms. The predicted octanol–water partition coefficient (Wildman–Crippen LogP) is -2.76. The fourth-order valence-electron chi connectivity index (χ4n) is 0. The summed E-state index contributed by atoms with van der Waals surface area (Å²) in [6, 6.07) is 0. The average Bonchev–Trinajstić information content (AvgIpc) is 0.722. The van der Waals surface area contributed by atoms with Crippen LogP contribution >= 0.6 is 0 Å². The zero-order valence-electron chi connectivity index (χ0n) is 5.00. The monoisotopic (exact) mass is 186 g/mol. The van der Waals surface area contributed by atoms with E-state index < -0.39 is 9.05 Å². The van der Waals surface area contributed by atoms with E-state index in [2.05, 4.69) is 0 Å². The maximum Gasteiger partial charge on any atom is 2.00 e. The Balaban J connectivity index is -0.0000000267. The number of hydrogen-bond donors (Lipinski definition) is 4. The van der Waals surface area contributed by atoms with E-state index in [1.54, 1.807) is 0 Å². The molecule has 0 aromatic rings. The van der Waals surface area contributed by atoms with Crippen LogP contribution in [0, 0.1) is 0 Å². The third-order valence-corrected chi connectivity index (χ3v) is 0. The third kappa shape index (κ3) is 48.2. The van der Waals surface area contributed by atoms with Crippen molar-refractivity contribution in [2.45, 2.75) is 0 Å². The Kier molecular flexibility index (Phi) is 6.18. The first-order chi connectivity index (χ1) is 2.00. The molecule has 0 atom stereocenters. The molecule has 0 aliphatic carbocycles. The minimum atomic E-state index is -4.61. The standard InChI is InChI=1S/H4O4Si.Sr.2H/c1-5(2,3)4;;;/h1-4H;;;/q;+2;2*-1. The fraction of sp³-hybridized carbons (Fsp3) is 0. The van der Waals surface area contributed by atoms with Crippen molar-refractivity contribution in [1.29, 1.82) is 0 Å². The summed E-state index contributed by atoms with van der Waals surface area (Å²) in [6.45, 7) is 0. The average molecular weight is 186 g/mol. The molecule has 0 rings (SSSR count). The van der Waals surface area contributed by atoms with Gasteiger partial charge in [0.05, 0.1) is 0 Å². The Morgan fingerprint density at radius 1 is 1.00 bits per heavy atom. The molecule has 0 fully saturated rings. The van der Waals surface area contributed by atoms with Gasteiger partial charge in [0.15, 0.2) is 0 Å². The normalized spacial score (nSPS) is 10.0. The summed E-state index contributed by atoms with van der Waals surface area (Å²) < 4.78 is 0. The molecule has 36 valence electrons. The van der Waals surface area contributed by atoms with E-state index in [1.165, 1.54) is 0 Å². The van der Waals surface area contributed by atoms with Crippen molar-refractivity contribution < 1.29 is 22.0 Å². The predicted molar refractivity (Wildman–Crippen MR) is 22.6 cm³/mol. The largest absolute Gasteiger partial charge is 2.00 e. The zero-order chi connectivity index (χ0) is 4.50. The number of hydrogen-bond acceptors (Lipinski definition) is 4. The van der Waals surface area contributed by atoms with E-state index >= 15 is 0 Å². The quantitative estimate of drug-likeness (QED) is 0.308. The van der Waals surface area contributed by atoms with Gasteiger partial charge in [0.1, 0.15) is 0 Å². The maximum atomic E-state index is 7.33. The summed E-state index contributed by atoms with van der Waals surface area (Å²) in [5, 5.41) is 0. The van der Waals surface area contributed by atoms with Gasteiger partial charge in [0, 0.05) is 0 Å². The van der Waals surface area contributed by atoms with Crippen LogP contribution in [-0.2, 0) is 0 Å². The molecule has 4 N–H and O–H groups in total. The van der Waals surface area contributed by atoms with Gasteiger partial charge in [-0.15, -0.1) is 0 Å². The van der Waals surface area contributed by atoms with E-state index in [0.717, 1.165) is 0 Å². The Bertz CT molecular complexity index is 29.5. The molecule has 0 heterocycles.